The lowest BCUT2D eigenvalue weighted by Gasteiger charge is -2.20. The molecule has 0 spiro atoms. The van der Waals surface area contributed by atoms with Gasteiger partial charge in [-0.15, -0.1) is 0 Å². The van der Waals surface area contributed by atoms with Crippen LogP contribution in [-0.2, 0) is 22.9 Å². The van der Waals surface area contributed by atoms with Crippen molar-refractivity contribution in [2.75, 3.05) is 19.3 Å². The maximum absolute atomic E-state index is 12.8. The van der Waals surface area contributed by atoms with Crippen LogP contribution in [0.4, 0.5) is 0 Å². The van der Waals surface area contributed by atoms with E-state index in [0.29, 0.717) is 19.0 Å². The second-order valence-electron chi connectivity index (χ2n) is 7.87. The minimum absolute atomic E-state index is 0.0638. The van der Waals surface area contributed by atoms with Crippen molar-refractivity contribution in [3.63, 3.8) is 0 Å². The quantitative estimate of drug-likeness (QED) is 0.672. The van der Waals surface area contributed by atoms with Crippen LogP contribution in [0.3, 0.4) is 0 Å². The van der Waals surface area contributed by atoms with Gasteiger partial charge in [-0.05, 0) is 24.4 Å². The SMILES string of the molecule is CC(C)CN(C)Cc1cnc(S(=O)(=O)CC(C)C)n1Cc1ccccc1. The van der Waals surface area contributed by atoms with Crippen molar-refractivity contribution in [1.82, 2.24) is 14.5 Å². The average molecular weight is 378 g/mol. The standard InChI is InChI=1S/C20H31N3O2S/c1-16(2)12-22(5)14-19-11-21-20(26(24,25)15-17(3)4)23(19)13-18-9-7-6-8-10-18/h6-11,16-17H,12-15H2,1-5H3. The first-order chi connectivity index (χ1) is 12.2. The Morgan fingerprint density at radius 1 is 1.08 bits per heavy atom. The fourth-order valence-corrected chi connectivity index (χ4v) is 4.94. The number of hydrogen-bond acceptors (Lipinski definition) is 4. The van der Waals surface area contributed by atoms with Gasteiger partial charge in [0.2, 0.25) is 15.0 Å². The second-order valence-corrected chi connectivity index (χ2v) is 9.80. The van der Waals surface area contributed by atoms with Crippen LogP contribution in [0.2, 0.25) is 0 Å². The molecule has 0 aliphatic carbocycles. The van der Waals surface area contributed by atoms with E-state index in [1.807, 2.05) is 48.7 Å². The molecule has 0 radical (unpaired) electrons. The Balaban J connectivity index is 2.39. The molecule has 2 aromatic rings. The van der Waals surface area contributed by atoms with E-state index in [0.717, 1.165) is 17.8 Å². The van der Waals surface area contributed by atoms with Crippen molar-refractivity contribution in [2.45, 2.75) is 45.9 Å². The van der Waals surface area contributed by atoms with E-state index >= 15 is 0 Å². The summed E-state index contributed by atoms with van der Waals surface area (Å²) in [5.41, 5.74) is 2.00. The molecule has 26 heavy (non-hydrogen) atoms. The molecule has 0 bridgehead atoms. The van der Waals surface area contributed by atoms with E-state index < -0.39 is 9.84 Å². The molecule has 6 heteroatoms. The highest BCUT2D eigenvalue weighted by Gasteiger charge is 2.25. The van der Waals surface area contributed by atoms with Gasteiger partial charge in [-0.2, -0.15) is 0 Å². The second kappa shape index (κ2) is 8.82. The Hall–Kier alpha value is -1.66. The number of imidazole rings is 1. The summed E-state index contributed by atoms with van der Waals surface area (Å²) < 4.78 is 27.5. The molecule has 1 aromatic carbocycles. The number of aromatic nitrogens is 2. The average Bonchev–Trinajstić information content (AvgIpc) is 2.89. The number of rotatable bonds is 9. The van der Waals surface area contributed by atoms with Crippen LogP contribution in [0.25, 0.3) is 0 Å². The van der Waals surface area contributed by atoms with Gasteiger partial charge in [0.25, 0.3) is 0 Å². The van der Waals surface area contributed by atoms with Gasteiger partial charge in [-0.1, -0.05) is 58.0 Å². The summed E-state index contributed by atoms with van der Waals surface area (Å²) in [7, 11) is -1.36. The van der Waals surface area contributed by atoms with Crippen LogP contribution in [0.15, 0.2) is 41.7 Å². The monoisotopic (exact) mass is 377 g/mol. The molecule has 0 N–H and O–H groups in total. The Labute approximate surface area is 158 Å². The minimum Gasteiger partial charge on any atom is -0.313 e. The summed E-state index contributed by atoms with van der Waals surface area (Å²) in [6.07, 6.45) is 1.72. The highest BCUT2D eigenvalue weighted by atomic mass is 32.2. The Morgan fingerprint density at radius 2 is 1.73 bits per heavy atom. The van der Waals surface area contributed by atoms with E-state index in [4.69, 9.17) is 0 Å². The molecule has 144 valence electrons. The Morgan fingerprint density at radius 3 is 2.31 bits per heavy atom. The van der Waals surface area contributed by atoms with Gasteiger partial charge in [0.05, 0.1) is 24.2 Å². The van der Waals surface area contributed by atoms with Gasteiger partial charge in [-0.3, -0.25) is 0 Å². The normalized spacial score (nSPS) is 12.5. The molecule has 0 aliphatic heterocycles. The summed E-state index contributed by atoms with van der Waals surface area (Å²) in [5.74, 6) is 0.726. The summed E-state index contributed by atoms with van der Waals surface area (Å²) in [4.78, 5) is 6.53. The molecule has 0 atom stereocenters. The molecule has 1 aromatic heterocycles. The number of hydrogen-bond donors (Lipinski definition) is 0. The van der Waals surface area contributed by atoms with Crippen molar-refractivity contribution in [3.8, 4) is 0 Å². The van der Waals surface area contributed by atoms with Crippen LogP contribution in [0, 0.1) is 11.8 Å². The third-order valence-corrected chi connectivity index (χ3v) is 6.01. The number of benzene rings is 1. The number of nitrogens with zero attached hydrogens (tertiary/aromatic N) is 3. The van der Waals surface area contributed by atoms with Crippen molar-refractivity contribution >= 4 is 9.84 Å². The first-order valence-electron chi connectivity index (χ1n) is 9.18. The minimum atomic E-state index is -3.41. The fraction of sp³-hybridized carbons (Fsp3) is 0.550. The van der Waals surface area contributed by atoms with Crippen LogP contribution >= 0.6 is 0 Å². The molecule has 0 fully saturated rings. The van der Waals surface area contributed by atoms with Gasteiger partial charge >= 0.3 is 0 Å². The van der Waals surface area contributed by atoms with E-state index in [1.165, 1.54) is 0 Å². The molecule has 0 amide bonds. The maximum Gasteiger partial charge on any atom is 0.228 e. The van der Waals surface area contributed by atoms with Crippen LogP contribution < -0.4 is 0 Å². The van der Waals surface area contributed by atoms with Crippen LogP contribution in [-0.4, -0.2) is 42.2 Å². The van der Waals surface area contributed by atoms with E-state index in [1.54, 1.807) is 6.20 Å². The van der Waals surface area contributed by atoms with Crippen molar-refractivity contribution in [3.05, 3.63) is 47.8 Å². The molecule has 5 nitrogen and oxygen atoms in total. The fourth-order valence-electron chi connectivity index (χ4n) is 3.18. The summed E-state index contributed by atoms with van der Waals surface area (Å²) in [6, 6.07) is 9.93. The highest BCUT2D eigenvalue weighted by molar-refractivity contribution is 7.91. The van der Waals surface area contributed by atoms with E-state index in [9.17, 15) is 8.42 Å². The van der Waals surface area contributed by atoms with Gasteiger partial charge in [-0.25, -0.2) is 13.4 Å². The molecule has 0 saturated heterocycles. The van der Waals surface area contributed by atoms with Gasteiger partial charge in [0.1, 0.15) is 0 Å². The first kappa shape index (κ1) is 20.6. The zero-order chi connectivity index (χ0) is 19.3. The van der Waals surface area contributed by atoms with Crippen molar-refractivity contribution in [1.29, 1.82) is 0 Å². The van der Waals surface area contributed by atoms with Gasteiger partial charge in [0.15, 0.2) is 0 Å². The van der Waals surface area contributed by atoms with Crippen molar-refractivity contribution < 1.29 is 8.42 Å². The molecular formula is C20H31N3O2S. The topological polar surface area (TPSA) is 55.2 Å². The van der Waals surface area contributed by atoms with Crippen LogP contribution in [0.5, 0.6) is 0 Å². The summed E-state index contributed by atoms with van der Waals surface area (Å²) in [6.45, 7) is 10.3. The molecule has 0 unspecified atom stereocenters. The number of sulfone groups is 1. The summed E-state index contributed by atoms with van der Waals surface area (Å²) >= 11 is 0. The third-order valence-electron chi connectivity index (χ3n) is 4.02. The lowest BCUT2D eigenvalue weighted by Crippen LogP contribution is -2.25. The van der Waals surface area contributed by atoms with E-state index in [-0.39, 0.29) is 16.8 Å². The molecule has 2 rings (SSSR count). The van der Waals surface area contributed by atoms with E-state index in [2.05, 4.69) is 30.8 Å². The van der Waals surface area contributed by atoms with Crippen molar-refractivity contribution in [2.24, 2.45) is 11.8 Å². The largest absolute Gasteiger partial charge is 0.313 e. The molecule has 1 heterocycles. The Kier molecular flexibility index (Phi) is 7.01. The molecule has 0 aliphatic rings. The zero-order valence-electron chi connectivity index (χ0n) is 16.5. The zero-order valence-corrected chi connectivity index (χ0v) is 17.3. The third kappa shape index (κ3) is 5.68. The van der Waals surface area contributed by atoms with Crippen LogP contribution in [0.1, 0.15) is 39.0 Å². The Bertz CT molecular complexity index is 796. The highest BCUT2D eigenvalue weighted by Crippen LogP contribution is 2.19. The maximum atomic E-state index is 12.8. The first-order valence-corrected chi connectivity index (χ1v) is 10.8. The van der Waals surface area contributed by atoms with Gasteiger partial charge in [0, 0.05) is 13.1 Å². The molecular weight excluding hydrogens is 346 g/mol. The lowest BCUT2D eigenvalue weighted by molar-refractivity contribution is 0.281. The van der Waals surface area contributed by atoms with Gasteiger partial charge < -0.3 is 9.47 Å². The predicted molar refractivity (Wildman–Crippen MR) is 106 cm³/mol. The lowest BCUT2D eigenvalue weighted by atomic mass is 10.2. The smallest absolute Gasteiger partial charge is 0.228 e. The molecule has 0 saturated carbocycles. The predicted octanol–water partition coefficient (Wildman–Crippen LogP) is 3.45. The summed E-state index contributed by atoms with van der Waals surface area (Å²) in [5, 5.41) is 0.183.